The first-order valence-corrected chi connectivity index (χ1v) is 8.49. The Hall–Kier alpha value is -2.34. The summed E-state index contributed by atoms with van der Waals surface area (Å²) in [7, 11) is 1.70. The van der Waals surface area contributed by atoms with Gasteiger partial charge >= 0.3 is 0 Å². The summed E-state index contributed by atoms with van der Waals surface area (Å²) < 4.78 is 6.42. The van der Waals surface area contributed by atoms with Crippen molar-refractivity contribution in [1.82, 2.24) is 9.97 Å². The molecule has 3 aromatic rings. The molecule has 6 heteroatoms. The lowest BCUT2D eigenvalue weighted by atomic mass is 10.2. The van der Waals surface area contributed by atoms with Crippen LogP contribution in [0.1, 0.15) is 0 Å². The zero-order chi connectivity index (χ0) is 15.6. The predicted molar refractivity (Wildman–Crippen MR) is 94.8 cm³/mol. The van der Waals surface area contributed by atoms with Crippen LogP contribution in [-0.2, 0) is 0 Å². The summed E-state index contributed by atoms with van der Waals surface area (Å²) in [4.78, 5) is 13.6. The lowest BCUT2D eigenvalue weighted by Gasteiger charge is -2.36. The summed E-state index contributed by atoms with van der Waals surface area (Å²) in [5.74, 6) is 0.899. The molecule has 0 spiro atoms. The van der Waals surface area contributed by atoms with Gasteiger partial charge in [0.05, 0.1) is 18.0 Å². The molecule has 0 aliphatic carbocycles. The molecule has 1 fully saturated rings. The van der Waals surface area contributed by atoms with E-state index in [4.69, 9.17) is 9.72 Å². The van der Waals surface area contributed by atoms with Crippen LogP contribution in [0.25, 0.3) is 10.2 Å². The van der Waals surface area contributed by atoms with Crippen LogP contribution in [0.4, 0.5) is 10.8 Å². The van der Waals surface area contributed by atoms with E-state index in [2.05, 4.69) is 26.9 Å². The van der Waals surface area contributed by atoms with Gasteiger partial charge in [-0.2, -0.15) is 0 Å². The number of rotatable bonds is 3. The van der Waals surface area contributed by atoms with Gasteiger partial charge in [0.1, 0.15) is 11.3 Å². The second kappa shape index (κ2) is 6.04. The lowest BCUT2D eigenvalue weighted by Crippen LogP contribution is -2.46. The number of pyridine rings is 1. The average molecular weight is 326 g/mol. The van der Waals surface area contributed by atoms with E-state index in [0.29, 0.717) is 0 Å². The number of thiazole rings is 1. The van der Waals surface area contributed by atoms with Crippen LogP contribution in [0, 0.1) is 0 Å². The van der Waals surface area contributed by atoms with Gasteiger partial charge in [-0.3, -0.25) is 4.98 Å². The fourth-order valence-electron chi connectivity index (χ4n) is 2.85. The van der Waals surface area contributed by atoms with Crippen molar-refractivity contribution in [3.8, 4) is 5.75 Å². The fraction of sp³-hybridized carbons (Fsp3) is 0.294. The Bertz CT molecular complexity index is 761. The maximum atomic E-state index is 5.22. The Kier molecular flexibility index (Phi) is 3.75. The van der Waals surface area contributed by atoms with Gasteiger partial charge in [0.25, 0.3) is 0 Å². The summed E-state index contributed by atoms with van der Waals surface area (Å²) in [5.41, 5.74) is 2.24. The first kappa shape index (κ1) is 14.3. The predicted octanol–water partition coefficient (Wildman–Crippen LogP) is 3.03. The van der Waals surface area contributed by atoms with E-state index >= 15 is 0 Å². The SMILES string of the molecule is COc1ccc(N2CCN(c3nc4cnccc4s3)CC2)cc1. The third kappa shape index (κ3) is 2.82. The number of piperazine rings is 1. The minimum atomic E-state index is 0.899. The van der Waals surface area contributed by atoms with Gasteiger partial charge in [-0.05, 0) is 30.3 Å². The second-order valence-corrected chi connectivity index (χ2v) is 6.52. The van der Waals surface area contributed by atoms with Gasteiger partial charge < -0.3 is 14.5 Å². The van der Waals surface area contributed by atoms with E-state index in [-0.39, 0.29) is 0 Å². The molecule has 1 aliphatic heterocycles. The van der Waals surface area contributed by atoms with Crippen molar-refractivity contribution in [3.05, 3.63) is 42.7 Å². The van der Waals surface area contributed by atoms with E-state index in [0.717, 1.165) is 42.6 Å². The second-order valence-electron chi connectivity index (χ2n) is 5.51. The van der Waals surface area contributed by atoms with E-state index in [1.807, 2.05) is 30.6 Å². The highest BCUT2D eigenvalue weighted by Crippen LogP contribution is 2.29. The van der Waals surface area contributed by atoms with Crippen molar-refractivity contribution in [2.75, 3.05) is 43.1 Å². The van der Waals surface area contributed by atoms with Crippen molar-refractivity contribution in [2.24, 2.45) is 0 Å². The first-order valence-electron chi connectivity index (χ1n) is 7.68. The Morgan fingerprint density at radius 3 is 2.43 bits per heavy atom. The van der Waals surface area contributed by atoms with Crippen molar-refractivity contribution in [2.45, 2.75) is 0 Å². The maximum absolute atomic E-state index is 5.22. The van der Waals surface area contributed by atoms with Crippen molar-refractivity contribution >= 4 is 32.4 Å². The van der Waals surface area contributed by atoms with Gasteiger partial charge in [-0.15, -0.1) is 0 Å². The number of hydrogen-bond donors (Lipinski definition) is 0. The van der Waals surface area contributed by atoms with E-state index < -0.39 is 0 Å². The first-order chi connectivity index (χ1) is 11.3. The molecule has 1 aliphatic rings. The smallest absolute Gasteiger partial charge is 0.186 e. The topological polar surface area (TPSA) is 41.5 Å². The standard InChI is InChI=1S/C17H18N4OS/c1-22-14-4-2-13(3-5-14)20-8-10-21(11-9-20)17-19-15-12-18-7-6-16(15)23-17/h2-7,12H,8-11H2,1H3. The average Bonchev–Trinajstić information content (AvgIpc) is 3.06. The molecule has 0 radical (unpaired) electrons. The van der Waals surface area contributed by atoms with Crippen LogP contribution in [0.2, 0.25) is 0 Å². The molecule has 0 bridgehead atoms. The van der Waals surface area contributed by atoms with E-state index in [1.54, 1.807) is 18.4 Å². The fourth-order valence-corrected chi connectivity index (χ4v) is 3.84. The molecular formula is C17H18N4OS. The molecule has 5 nitrogen and oxygen atoms in total. The van der Waals surface area contributed by atoms with Crippen LogP contribution in [0.5, 0.6) is 5.75 Å². The minimum Gasteiger partial charge on any atom is -0.497 e. The van der Waals surface area contributed by atoms with Crippen LogP contribution in [-0.4, -0.2) is 43.3 Å². The van der Waals surface area contributed by atoms with Gasteiger partial charge in [-0.1, -0.05) is 11.3 Å². The molecule has 4 rings (SSSR count). The third-order valence-electron chi connectivity index (χ3n) is 4.17. The zero-order valence-corrected chi connectivity index (χ0v) is 13.8. The molecule has 0 unspecified atom stereocenters. The molecular weight excluding hydrogens is 308 g/mol. The Labute approximate surface area is 139 Å². The Morgan fingerprint density at radius 2 is 1.74 bits per heavy atom. The monoisotopic (exact) mass is 326 g/mol. The molecule has 0 saturated carbocycles. The molecule has 2 aromatic heterocycles. The van der Waals surface area contributed by atoms with Crippen molar-refractivity contribution in [3.63, 3.8) is 0 Å². The van der Waals surface area contributed by atoms with Crippen LogP contribution < -0.4 is 14.5 Å². The number of benzene rings is 1. The lowest BCUT2D eigenvalue weighted by molar-refractivity contribution is 0.415. The highest BCUT2D eigenvalue weighted by atomic mass is 32.1. The largest absolute Gasteiger partial charge is 0.497 e. The number of fused-ring (bicyclic) bond motifs is 1. The highest BCUT2D eigenvalue weighted by molar-refractivity contribution is 7.22. The van der Waals surface area contributed by atoms with Crippen LogP contribution in [0.3, 0.4) is 0 Å². The molecule has 118 valence electrons. The van der Waals surface area contributed by atoms with Crippen molar-refractivity contribution in [1.29, 1.82) is 0 Å². The zero-order valence-electron chi connectivity index (χ0n) is 13.0. The summed E-state index contributed by atoms with van der Waals surface area (Å²) in [5, 5.41) is 1.10. The van der Waals surface area contributed by atoms with Gasteiger partial charge in [0.15, 0.2) is 5.13 Å². The molecule has 3 heterocycles. The quantitative estimate of drug-likeness (QED) is 0.740. The number of anilines is 2. The van der Waals surface area contributed by atoms with Crippen molar-refractivity contribution < 1.29 is 4.74 Å². The molecule has 0 amide bonds. The third-order valence-corrected chi connectivity index (χ3v) is 5.26. The molecule has 0 atom stereocenters. The minimum absolute atomic E-state index is 0.899. The van der Waals surface area contributed by atoms with Crippen LogP contribution >= 0.6 is 11.3 Å². The summed E-state index contributed by atoms with van der Waals surface area (Å²) in [6.07, 6.45) is 3.66. The Morgan fingerprint density at radius 1 is 1.00 bits per heavy atom. The van der Waals surface area contributed by atoms with Gasteiger partial charge in [0, 0.05) is 38.1 Å². The van der Waals surface area contributed by atoms with Crippen LogP contribution in [0.15, 0.2) is 42.7 Å². The molecule has 1 saturated heterocycles. The van der Waals surface area contributed by atoms with E-state index in [9.17, 15) is 0 Å². The number of ether oxygens (including phenoxy) is 1. The van der Waals surface area contributed by atoms with Gasteiger partial charge in [0.2, 0.25) is 0 Å². The summed E-state index contributed by atoms with van der Waals surface area (Å²) in [6, 6.07) is 10.3. The number of nitrogens with zero attached hydrogens (tertiary/aromatic N) is 4. The molecule has 1 aromatic carbocycles. The number of methoxy groups -OCH3 is 1. The summed E-state index contributed by atoms with van der Waals surface area (Å²) in [6.45, 7) is 3.97. The maximum Gasteiger partial charge on any atom is 0.186 e. The normalized spacial score (nSPS) is 15.2. The van der Waals surface area contributed by atoms with E-state index in [1.165, 1.54) is 10.4 Å². The molecule has 23 heavy (non-hydrogen) atoms. The Balaban J connectivity index is 1.45. The summed E-state index contributed by atoms with van der Waals surface area (Å²) >= 11 is 1.75. The number of aromatic nitrogens is 2. The number of hydrogen-bond acceptors (Lipinski definition) is 6. The van der Waals surface area contributed by atoms with Gasteiger partial charge in [-0.25, -0.2) is 4.98 Å². The molecule has 0 N–H and O–H groups in total. The highest BCUT2D eigenvalue weighted by Gasteiger charge is 2.20.